The van der Waals surface area contributed by atoms with Gasteiger partial charge in [0.1, 0.15) is 0 Å². The minimum absolute atomic E-state index is 0. The Morgan fingerprint density at radius 3 is 2.29 bits per heavy atom. The third-order valence-electron chi connectivity index (χ3n) is 4.77. The van der Waals surface area contributed by atoms with Crippen LogP contribution in [0, 0.1) is 11.8 Å². The van der Waals surface area contributed by atoms with E-state index in [-0.39, 0.29) is 18.3 Å². The number of fused-ring (bicyclic) bond motifs is 1. The van der Waals surface area contributed by atoms with Crippen molar-refractivity contribution in [3.63, 3.8) is 0 Å². The molecule has 0 aromatic heterocycles. The second-order valence-corrected chi connectivity index (χ2v) is 7.42. The fraction of sp³-hybridized carbons (Fsp3) is 0.316. The zero-order chi connectivity index (χ0) is 15.6. The molecule has 2 aromatic rings. The summed E-state index contributed by atoms with van der Waals surface area (Å²) >= 11 is 1.66. The van der Waals surface area contributed by atoms with Crippen molar-refractivity contribution in [2.45, 2.75) is 9.79 Å². The van der Waals surface area contributed by atoms with Gasteiger partial charge >= 0.3 is 0 Å². The van der Waals surface area contributed by atoms with E-state index < -0.39 is 0 Å². The Morgan fingerprint density at radius 2 is 1.58 bits per heavy atom. The largest absolute Gasteiger partial charge is 0.338 e. The molecule has 0 saturated carbocycles. The molecule has 2 saturated heterocycles. The number of halogens is 1. The Balaban J connectivity index is 0.00000169. The van der Waals surface area contributed by atoms with Crippen LogP contribution in [0.3, 0.4) is 0 Å². The van der Waals surface area contributed by atoms with Gasteiger partial charge in [-0.3, -0.25) is 4.79 Å². The predicted octanol–water partition coefficient (Wildman–Crippen LogP) is 3.55. The van der Waals surface area contributed by atoms with Gasteiger partial charge in [-0.1, -0.05) is 42.1 Å². The van der Waals surface area contributed by atoms with E-state index in [1.807, 2.05) is 47.4 Å². The molecule has 3 nitrogen and oxygen atoms in total. The fourth-order valence-electron chi connectivity index (χ4n) is 3.54. The molecular formula is C19H21ClN2OS. The topological polar surface area (TPSA) is 32.3 Å². The van der Waals surface area contributed by atoms with E-state index in [0.717, 1.165) is 41.5 Å². The third-order valence-corrected chi connectivity index (χ3v) is 5.85. The van der Waals surface area contributed by atoms with Gasteiger partial charge in [0, 0.05) is 36.0 Å². The van der Waals surface area contributed by atoms with Crippen molar-refractivity contribution in [1.29, 1.82) is 0 Å². The van der Waals surface area contributed by atoms with Crippen LogP contribution in [-0.4, -0.2) is 37.0 Å². The number of likely N-dealkylation sites (tertiary alicyclic amines) is 1. The Labute approximate surface area is 153 Å². The first kappa shape index (κ1) is 17.3. The van der Waals surface area contributed by atoms with E-state index in [4.69, 9.17) is 0 Å². The van der Waals surface area contributed by atoms with Crippen molar-refractivity contribution in [3.8, 4) is 0 Å². The van der Waals surface area contributed by atoms with Gasteiger partial charge in [-0.25, -0.2) is 0 Å². The summed E-state index contributed by atoms with van der Waals surface area (Å²) in [5.74, 6) is 1.44. The van der Waals surface area contributed by atoms with Crippen molar-refractivity contribution in [3.05, 3.63) is 60.2 Å². The smallest absolute Gasteiger partial charge is 0.255 e. The highest BCUT2D eigenvalue weighted by Gasteiger charge is 2.38. The maximum absolute atomic E-state index is 13.0. The molecule has 5 heteroatoms. The zero-order valence-electron chi connectivity index (χ0n) is 13.4. The summed E-state index contributed by atoms with van der Waals surface area (Å²) in [6, 6.07) is 18.2. The first-order chi connectivity index (χ1) is 11.3. The minimum atomic E-state index is 0. The van der Waals surface area contributed by atoms with Gasteiger partial charge in [0.15, 0.2) is 0 Å². The maximum Gasteiger partial charge on any atom is 0.255 e. The Morgan fingerprint density at radius 1 is 0.958 bits per heavy atom. The van der Waals surface area contributed by atoms with E-state index in [0.29, 0.717) is 11.8 Å². The lowest BCUT2D eigenvalue weighted by atomic mass is 10.0. The molecule has 4 rings (SSSR count). The number of hydrogen-bond acceptors (Lipinski definition) is 3. The van der Waals surface area contributed by atoms with E-state index in [9.17, 15) is 4.79 Å². The average molecular weight is 361 g/mol. The molecule has 0 radical (unpaired) electrons. The summed E-state index contributed by atoms with van der Waals surface area (Å²) in [6.45, 7) is 3.88. The molecule has 1 N–H and O–H groups in total. The number of carbonyl (C=O) groups excluding carboxylic acids is 1. The van der Waals surface area contributed by atoms with Gasteiger partial charge in [-0.15, -0.1) is 12.4 Å². The quantitative estimate of drug-likeness (QED) is 0.908. The molecular weight excluding hydrogens is 340 g/mol. The molecule has 1 amide bonds. The first-order valence-corrected chi connectivity index (χ1v) is 8.95. The predicted molar refractivity (Wildman–Crippen MR) is 100 cm³/mol. The number of benzene rings is 2. The van der Waals surface area contributed by atoms with Crippen LogP contribution in [0.5, 0.6) is 0 Å². The van der Waals surface area contributed by atoms with Crippen LogP contribution in [0.1, 0.15) is 10.4 Å². The van der Waals surface area contributed by atoms with Crippen molar-refractivity contribution < 1.29 is 4.79 Å². The first-order valence-electron chi connectivity index (χ1n) is 8.13. The SMILES string of the molecule is Cl.O=C(c1ccccc1Sc1ccccc1)N1C[C@H]2CNC[C@H]2C1. The normalized spacial score (nSPS) is 22.1. The van der Waals surface area contributed by atoms with Crippen LogP contribution < -0.4 is 5.32 Å². The van der Waals surface area contributed by atoms with E-state index in [2.05, 4.69) is 17.4 Å². The van der Waals surface area contributed by atoms with Crippen molar-refractivity contribution in [1.82, 2.24) is 10.2 Å². The Hall–Kier alpha value is -1.49. The second-order valence-electron chi connectivity index (χ2n) is 6.30. The lowest BCUT2D eigenvalue weighted by molar-refractivity contribution is 0.0778. The molecule has 0 unspecified atom stereocenters. The van der Waals surface area contributed by atoms with Crippen LogP contribution in [0.25, 0.3) is 0 Å². The number of hydrogen-bond donors (Lipinski definition) is 1. The van der Waals surface area contributed by atoms with Crippen molar-refractivity contribution in [2.75, 3.05) is 26.2 Å². The van der Waals surface area contributed by atoms with Gasteiger partial charge in [0.2, 0.25) is 0 Å². The van der Waals surface area contributed by atoms with Gasteiger partial charge < -0.3 is 10.2 Å². The van der Waals surface area contributed by atoms with Crippen LogP contribution >= 0.6 is 24.2 Å². The number of nitrogens with zero attached hydrogens (tertiary/aromatic N) is 1. The highest BCUT2D eigenvalue weighted by atomic mass is 35.5. The molecule has 0 spiro atoms. The molecule has 2 heterocycles. The van der Waals surface area contributed by atoms with Crippen LogP contribution in [-0.2, 0) is 0 Å². The monoisotopic (exact) mass is 360 g/mol. The standard InChI is InChI=1S/C19H20N2OS.ClH/c22-19(21-12-14-10-20-11-15(14)13-21)17-8-4-5-9-18(17)23-16-6-2-1-3-7-16;/h1-9,14-15,20H,10-13H2;1H/t14-,15+;. The summed E-state index contributed by atoms with van der Waals surface area (Å²) in [4.78, 5) is 17.2. The molecule has 2 fully saturated rings. The lowest BCUT2D eigenvalue weighted by Crippen LogP contribution is -2.32. The Bertz CT molecular complexity index is 698. The highest BCUT2D eigenvalue weighted by Crippen LogP contribution is 2.33. The van der Waals surface area contributed by atoms with Gasteiger partial charge in [0.05, 0.1) is 5.56 Å². The zero-order valence-corrected chi connectivity index (χ0v) is 15.0. The molecule has 24 heavy (non-hydrogen) atoms. The van der Waals surface area contributed by atoms with E-state index >= 15 is 0 Å². The fourth-order valence-corrected chi connectivity index (χ4v) is 4.50. The van der Waals surface area contributed by atoms with Crippen molar-refractivity contribution in [2.24, 2.45) is 11.8 Å². The summed E-state index contributed by atoms with van der Waals surface area (Å²) in [6.07, 6.45) is 0. The molecule has 126 valence electrons. The van der Waals surface area contributed by atoms with Crippen LogP contribution in [0.2, 0.25) is 0 Å². The molecule has 0 bridgehead atoms. The third kappa shape index (κ3) is 3.46. The molecule has 2 aromatic carbocycles. The second kappa shape index (κ2) is 7.60. The van der Waals surface area contributed by atoms with E-state index in [1.54, 1.807) is 11.8 Å². The van der Waals surface area contributed by atoms with Gasteiger partial charge in [-0.2, -0.15) is 0 Å². The number of rotatable bonds is 3. The summed E-state index contributed by atoms with van der Waals surface area (Å²) < 4.78 is 0. The number of nitrogens with one attached hydrogen (secondary N) is 1. The van der Waals surface area contributed by atoms with Crippen LogP contribution in [0.15, 0.2) is 64.4 Å². The summed E-state index contributed by atoms with van der Waals surface area (Å²) in [5.41, 5.74) is 0.828. The summed E-state index contributed by atoms with van der Waals surface area (Å²) in [7, 11) is 0. The number of carbonyl (C=O) groups is 1. The molecule has 2 atom stereocenters. The van der Waals surface area contributed by atoms with Crippen LogP contribution in [0.4, 0.5) is 0 Å². The average Bonchev–Trinajstić information content (AvgIpc) is 3.17. The maximum atomic E-state index is 13.0. The van der Waals surface area contributed by atoms with Gasteiger partial charge in [-0.05, 0) is 36.1 Å². The van der Waals surface area contributed by atoms with E-state index in [1.165, 1.54) is 0 Å². The molecule has 2 aliphatic heterocycles. The number of amides is 1. The summed E-state index contributed by atoms with van der Waals surface area (Å²) in [5, 5.41) is 3.43. The van der Waals surface area contributed by atoms with Gasteiger partial charge in [0.25, 0.3) is 5.91 Å². The molecule has 2 aliphatic rings. The minimum Gasteiger partial charge on any atom is -0.338 e. The molecule has 0 aliphatic carbocycles. The Kier molecular flexibility index (Phi) is 5.49. The van der Waals surface area contributed by atoms with Crippen molar-refractivity contribution >= 4 is 30.1 Å². The highest BCUT2D eigenvalue weighted by molar-refractivity contribution is 7.99. The lowest BCUT2D eigenvalue weighted by Gasteiger charge is -2.19.